The highest BCUT2D eigenvalue weighted by Gasteiger charge is 2.09. The smallest absolute Gasteiger partial charge is 0.102 e. The van der Waals surface area contributed by atoms with Crippen LogP contribution in [0.4, 0.5) is 0 Å². The molecule has 0 amide bonds. The summed E-state index contributed by atoms with van der Waals surface area (Å²) in [6, 6.07) is 8.64. The lowest BCUT2D eigenvalue weighted by atomic mass is 10.2. The van der Waals surface area contributed by atoms with Gasteiger partial charge in [-0.1, -0.05) is 38.0 Å². The molecule has 1 aromatic heterocycles. The zero-order valence-corrected chi connectivity index (χ0v) is 10.3. The van der Waals surface area contributed by atoms with Gasteiger partial charge in [0.15, 0.2) is 0 Å². The minimum atomic E-state index is 0.451. The molecule has 0 atom stereocenters. The highest BCUT2D eigenvalue weighted by Crippen LogP contribution is 2.18. The van der Waals surface area contributed by atoms with Gasteiger partial charge in [0.25, 0.3) is 0 Å². The van der Waals surface area contributed by atoms with E-state index in [1.165, 1.54) is 5.39 Å². The van der Waals surface area contributed by atoms with Crippen LogP contribution in [0.15, 0.2) is 24.3 Å². The van der Waals surface area contributed by atoms with Gasteiger partial charge in [-0.3, -0.25) is 4.68 Å². The van der Waals surface area contributed by atoms with Crippen molar-refractivity contribution in [3.8, 4) is 12.3 Å². The van der Waals surface area contributed by atoms with Crippen LogP contribution < -0.4 is 5.32 Å². The third-order valence-electron chi connectivity index (χ3n) is 2.65. The minimum Gasteiger partial charge on any atom is -0.309 e. The molecule has 0 unspecified atom stereocenters. The fourth-order valence-electron chi connectivity index (χ4n) is 1.83. The summed E-state index contributed by atoms with van der Waals surface area (Å²) < 4.78 is 1.88. The molecule has 1 N–H and O–H groups in total. The SMILES string of the molecule is C#CCn1nc(CNC(C)C)c2ccccc21. The third kappa shape index (κ3) is 2.48. The number of aromatic nitrogens is 2. The van der Waals surface area contributed by atoms with Crippen LogP contribution in [0.2, 0.25) is 0 Å². The van der Waals surface area contributed by atoms with Gasteiger partial charge in [0, 0.05) is 18.0 Å². The van der Waals surface area contributed by atoms with E-state index < -0.39 is 0 Å². The zero-order valence-electron chi connectivity index (χ0n) is 10.3. The molecule has 0 radical (unpaired) electrons. The highest BCUT2D eigenvalue weighted by molar-refractivity contribution is 5.82. The fraction of sp³-hybridized carbons (Fsp3) is 0.357. The second kappa shape index (κ2) is 5.03. The molecule has 0 bridgehead atoms. The zero-order chi connectivity index (χ0) is 12.3. The summed E-state index contributed by atoms with van der Waals surface area (Å²) in [6.07, 6.45) is 5.36. The average Bonchev–Trinajstić information content (AvgIpc) is 2.66. The number of rotatable bonds is 4. The van der Waals surface area contributed by atoms with Crippen LogP contribution in [-0.2, 0) is 13.1 Å². The second-order valence-corrected chi connectivity index (χ2v) is 4.36. The summed E-state index contributed by atoms with van der Waals surface area (Å²) in [5.41, 5.74) is 2.16. The van der Waals surface area contributed by atoms with Crippen molar-refractivity contribution in [2.24, 2.45) is 0 Å². The van der Waals surface area contributed by atoms with Gasteiger partial charge in [-0.15, -0.1) is 6.42 Å². The molecule has 0 aliphatic carbocycles. The normalized spacial score (nSPS) is 10.9. The summed E-state index contributed by atoms with van der Waals surface area (Å²) in [5.74, 6) is 2.63. The number of hydrogen-bond acceptors (Lipinski definition) is 2. The van der Waals surface area contributed by atoms with Crippen LogP contribution in [-0.4, -0.2) is 15.8 Å². The van der Waals surface area contributed by atoms with Crippen molar-refractivity contribution in [2.45, 2.75) is 33.0 Å². The van der Waals surface area contributed by atoms with Gasteiger partial charge in [-0.2, -0.15) is 5.10 Å². The van der Waals surface area contributed by atoms with Gasteiger partial charge < -0.3 is 5.32 Å². The predicted octanol–water partition coefficient (Wildman–Crippen LogP) is 2.17. The Labute approximate surface area is 102 Å². The van der Waals surface area contributed by atoms with E-state index in [1.54, 1.807) is 0 Å². The Morgan fingerprint density at radius 1 is 1.41 bits per heavy atom. The second-order valence-electron chi connectivity index (χ2n) is 4.36. The molecule has 0 spiro atoms. The molecular weight excluding hydrogens is 210 g/mol. The maximum Gasteiger partial charge on any atom is 0.102 e. The first-order valence-electron chi connectivity index (χ1n) is 5.83. The van der Waals surface area contributed by atoms with E-state index in [2.05, 4.69) is 42.3 Å². The van der Waals surface area contributed by atoms with Gasteiger partial charge >= 0.3 is 0 Å². The lowest BCUT2D eigenvalue weighted by Gasteiger charge is -2.05. The number of hydrogen-bond donors (Lipinski definition) is 1. The van der Waals surface area contributed by atoms with Crippen molar-refractivity contribution < 1.29 is 0 Å². The molecule has 0 saturated heterocycles. The summed E-state index contributed by atoms with van der Waals surface area (Å²) >= 11 is 0. The van der Waals surface area contributed by atoms with E-state index in [-0.39, 0.29) is 0 Å². The topological polar surface area (TPSA) is 29.9 Å². The van der Waals surface area contributed by atoms with E-state index in [9.17, 15) is 0 Å². The molecule has 0 fully saturated rings. The van der Waals surface area contributed by atoms with Crippen molar-refractivity contribution in [1.29, 1.82) is 0 Å². The minimum absolute atomic E-state index is 0.451. The monoisotopic (exact) mass is 227 g/mol. The largest absolute Gasteiger partial charge is 0.309 e. The number of fused-ring (bicyclic) bond motifs is 1. The maximum atomic E-state index is 5.36. The number of nitrogens with one attached hydrogen (secondary N) is 1. The van der Waals surface area contributed by atoms with E-state index in [0.29, 0.717) is 12.6 Å². The Morgan fingerprint density at radius 3 is 2.88 bits per heavy atom. The molecule has 3 heteroatoms. The Morgan fingerprint density at radius 2 is 2.18 bits per heavy atom. The van der Waals surface area contributed by atoms with Crippen LogP contribution in [0.3, 0.4) is 0 Å². The number of nitrogens with zero attached hydrogens (tertiary/aromatic N) is 2. The van der Waals surface area contributed by atoms with Gasteiger partial charge in [0.2, 0.25) is 0 Å². The molecule has 0 aliphatic rings. The summed E-state index contributed by atoms with van der Waals surface area (Å²) in [4.78, 5) is 0. The quantitative estimate of drug-likeness (QED) is 0.811. The molecule has 1 aromatic carbocycles. The number of benzene rings is 1. The standard InChI is InChI=1S/C14H17N3/c1-4-9-17-14-8-6-5-7-12(14)13(16-17)10-15-11(2)3/h1,5-8,11,15H,9-10H2,2-3H3. The third-order valence-corrected chi connectivity index (χ3v) is 2.65. The van der Waals surface area contributed by atoms with Crippen molar-refractivity contribution >= 4 is 10.9 Å². The molecule has 88 valence electrons. The highest BCUT2D eigenvalue weighted by atomic mass is 15.3. The van der Waals surface area contributed by atoms with Crippen LogP contribution in [0.1, 0.15) is 19.5 Å². The van der Waals surface area contributed by atoms with E-state index >= 15 is 0 Å². The molecule has 3 nitrogen and oxygen atoms in total. The molecule has 2 aromatic rings. The molecule has 0 aliphatic heterocycles. The average molecular weight is 227 g/mol. The van der Waals surface area contributed by atoms with Crippen LogP contribution >= 0.6 is 0 Å². The van der Waals surface area contributed by atoms with Gasteiger partial charge in [-0.05, 0) is 6.07 Å². The lowest BCUT2D eigenvalue weighted by Crippen LogP contribution is -2.22. The molecule has 1 heterocycles. The first-order chi connectivity index (χ1) is 8.22. The van der Waals surface area contributed by atoms with Crippen LogP contribution in [0.25, 0.3) is 10.9 Å². The maximum absolute atomic E-state index is 5.36. The first-order valence-corrected chi connectivity index (χ1v) is 5.83. The van der Waals surface area contributed by atoms with E-state index in [1.807, 2.05) is 16.8 Å². The van der Waals surface area contributed by atoms with Crippen LogP contribution in [0.5, 0.6) is 0 Å². The van der Waals surface area contributed by atoms with Crippen molar-refractivity contribution in [3.05, 3.63) is 30.0 Å². The predicted molar refractivity (Wildman–Crippen MR) is 70.5 cm³/mol. The Balaban J connectivity index is 2.38. The van der Waals surface area contributed by atoms with Crippen LogP contribution in [0, 0.1) is 12.3 Å². The fourth-order valence-corrected chi connectivity index (χ4v) is 1.83. The van der Waals surface area contributed by atoms with E-state index in [4.69, 9.17) is 6.42 Å². The van der Waals surface area contributed by atoms with E-state index in [0.717, 1.165) is 17.8 Å². The Hall–Kier alpha value is -1.79. The van der Waals surface area contributed by atoms with Crippen molar-refractivity contribution in [2.75, 3.05) is 0 Å². The summed E-state index contributed by atoms with van der Waals surface area (Å²) in [6.45, 7) is 5.54. The molecular formula is C14H17N3. The van der Waals surface area contributed by atoms with Gasteiger partial charge in [0.05, 0.1) is 11.2 Å². The molecule has 0 saturated carbocycles. The Bertz CT molecular complexity index is 546. The molecule has 2 rings (SSSR count). The number of para-hydroxylation sites is 1. The summed E-state index contributed by atoms with van der Waals surface area (Å²) in [5, 5.41) is 9.12. The number of terminal acetylenes is 1. The van der Waals surface area contributed by atoms with Crippen molar-refractivity contribution in [3.63, 3.8) is 0 Å². The summed E-state index contributed by atoms with van der Waals surface area (Å²) in [7, 11) is 0. The Kier molecular flexibility index (Phi) is 3.46. The van der Waals surface area contributed by atoms with Gasteiger partial charge in [0.1, 0.15) is 6.54 Å². The van der Waals surface area contributed by atoms with Crippen molar-refractivity contribution in [1.82, 2.24) is 15.1 Å². The van der Waals surface area contributed by atoms with Gasteiger partial charge in [-0.25, -0.2) is 0 Å². The lowest BCUT2D eigenvalue weighted by molar-refractivity contribution is 0.574. The first kappa shape index (κ1) is 11.7. The molecule has 17 heavy (non-hydrogen) atoms.